The molecule has 154 valence electrons. The third-order valence-electron chi connectivity index (χ3n) is 3.56. The standard InChI is InChI=1S/C17H27NO9/c1-6-7-23-17-14(18-9(2)19)16(26-12(5)22)15(25-11(4)21)13(27-17)8-24-10(3)20/h13-17H,6-8H2,1-5H3,(H,18,19)/t13?,14?,15-,16-,17+/m0/s1. The zero-order chi connectivity index (χ0) is 20.6. The van der Waals surface area contributed by atoms with E-state index in [0.717, 1.165) is 0 Å². The van der Waals surface area contributed by atoms with Gasteiger partial charge in [-0.3, -0.25) is 19.2 Å². The fraction of sp³-hybridized carbons (Fsp3) is 0.765. The zero-order valence-corrected chi connectivity index (χ0v) is 16.2. The minimum Gasteiger partial charge on any atom is -0.463 e. The molecule has 0 aromatic carbocycles. The molecule has 0 radical (unpaired) electrons. The molecule has 1 amide bonds. The van der Waals surface area contributed by atoms with Crippen molar-refractivity contribution in [1.29, 1.82) is 0 Å². The number of hydrogen-bond donors (Lipinski definition) is 1. The number of carbonyl (C=O) groups excluding carboxylic acids is 4. The van der Waals surface area contributed by atoms with Crippen molar-refractivity contribution in [2.24, 2.45) is 0 Å². The summed E-state index contributed by atoms with van der Waals surface area (Å²) < 4.78 is 27.0. The number of ether oxygens (including phenoxy) is 5. The van der Waals surface area contributed by atoms with E-state index in [0.29, 0.717) is 13.0 Å². The van der Waals surface area contributed by atoms with Crippen LogP contribution in [0.5, 0.6) is 0 Å². The summed E-state index contributed by atoms with van der Waals surface area (Å²) in [6.07, 6.45) is -3.47. The summed E-state index contributed by atoms with van der Waals surface area (Å²) in [5.41, 5.74) is 0. The van der Waals surface area contributed by atoms with Gasteiger partial charge in [-0.2, -0.15) is 0 Å². The Morgan fingerprint density at radius 1 is 0.926 bits per heavy atom. The first-order valence-corrected chi connectivity index (χ1v) is 8.67. The first-order chi connectivity index (χ1) is 12.6. The SMILES string of the molecule is CCCO[C@@H]1OC(COC(C)=O)[C@H](OC(C)=O)[C@@H](OC(C)=O)C1NC(C)=O. The van der Waals surface area contributed by atoms with Crippen molar-refractivity contribution in [3.63, 3.8) is 0 Å². The molecule has 10 nitrogen and oxygen atoms in total. The van der Waals surface area contributed by atoms with E-state index in [9.17, 15) is 19.2 Å². The molecule has 0 aromatic heterocycles. The molecule has 0 bridgehead atoms. The molecule has 0 saturated carbocycles. The second kappa shape index (κ2) is 10.8. The molecule has 1 saturated heterocycles. The second-order valence-electron chi connectivity index (χ2n) is 6.09. The third-order valence-corrected chi connectivity index (χ3v) is 3.56. The van der Waals surface area contributed by atoms with Crippen molar-refractivity contribution >= 4 is 23.8 Å². The van der Waals surface area contributed by atoms with E-state index in [2.05, 4.69) is 5.32 Å². The summed E-state index contributed by atoms with van der Waals surface area (Å²) >= 11 is 0. The van der Waals surface area contributed by atoms with Crippen molar-refractivity contribution < 1.29 is 42.9 Å². The Bertz CT molecular complexity index is 551. The highest BCUT2D eigenvalue weighted by Gasteiger charge is 2.51. The van der Waals surface area contributed by atoms with Crippen molar-refractivity contribution in [3.8, 4) is 0 Å². The highest BCUT2D eigenvalue weighted by Crippen LogP contribution is 2.28. The lowest BCUT2D eigenvalue weighted by Gasteiger charge is -2.44. The van der Waals surface area contributed by atoms with Crippen molar-refractivity contribution in [3.05, 3.63) is 0 Å². The van der Waals surface area contributed by atoms with E-state index in [1.165, 1.54) is 27.7 Å². The molecule has 1 aliphatic rings. The maximum Gasteiger partial charge on any atom is 0.303 e. The first-order valence-electron chi connectivity index (χ1n) is 8.67. The molecular formula is C17H27NO9. The van der Waals surface area contributed by atoms with Crippen molar-refractivity contribution in [1.82, 2.24) is 5.32 Å². The molecule has 10 heteroatoms. The lowest BCUT2D eigenvalue weighted by atomic mass is 9.96. The topological polar surface area (TPSA) is 126 Å². The van der Waals surface area contributed by atoms with E-state index in [-0.39, 0.29) is 6.61 Å². The van der Waals surface area contributed by atoms with Gasteiger partial charge in [0.25, 0.3) is 0 Å². The quantitative estimate of drug-likeness (QED) is 0.453. The van der Waals surface area contributed by atoms with Gasteiger partial charge < -0.3 is 29.0 Å². The molecule has 1 fully saturated rings. The molecule has 1 N–H and O–H groups in total. The lowest BCUT2D eigenvalue weighted by molar-refractivity contribution is -0.277. The molecule has 1 heterocycles. The van der Waals surface area contributed by atoms with E-state index in [4.69, 9.17) is 23.7 Å². The Kier molecular flexibility index (Phi) is 9.16. The Hall–Kier alpha value is -2.20. The Morgan fingerprint density at radius 3 is 2.00 bits per heavy atom. The van der Waals surface area contributed by atoms with Crippen LogP contribution in [-0.2, 0) is 42.9 Å². The van der Waals surface area contributed by atoms with Gasteiger partial charge in [0, 0.05) is 34.3 Å². The summed E-state index contributed by atoms with van der Waals surface area (Å²) in [6.45, 7) is 6.83. The number of carbonyl (C=O) groups is 4. The van der Waals surface area contributed by atoms with Gasteiger partial charge in [-0.15, -0.1) is 0 Å². The molecule has 1 aliphatic heterocycles. The van der Waals surface area contributed by atoms with E-state index < -0.39 is 54.5 Å². The molecule has 2 unspecified atom stereocenters. The van der Waals surface area contributed by atoms with Crippen molar-refractivity contribution in [2.45, 2.75) is 71.7 Å². The molecule has 5 atom stereocenters. The molecule has 27 heavy (non-hydrogen) atoms. The molecule has 0 aromatic rings. The van der Waals surface area contributed by atoms with E-state index in [1.807, 2.05) is 6.92 Å². The largest absolute Gasteiger partial charge is 0.463 e. The van der Waals surface area contributed by atoms with Gasteiger partial charge in [-0.05, 0) is 6.42 Å². The van der Waals surface area contributed by atoms with Gasteiger partial charge in [0.1, 0.15) is 18.8 Å². The fourth-order valence-electron chi connectivity index (χ4n) is 2.67. The van der Waals surface area contributed by atoms with Crippen LogP contribution in [0.1, 0.15) is 41.0 Å². The van der Waals surface area contributed by atoms with E-state index >= 15 is 0 Å². The number of rotatable bonds is 8. The second-order valence-corrected chi connectivity index (χ2v) is 6.09. The monoisotopic (exact) mass is 389 g/mol. The average molecular weight is 389 g/mol. The van der Waals surface area contributed by atoms with Gasteiger partial charge in [0.2, 0.25) is 5.91 Å². The summed E-state index contributed by atoms with van der Waals surface area (Å²) in [4.78, 5) is 46.0. The predicted molar refractivity (Wildman–Crippen MR) is 90.2 cm³/mol. The van der Waals surface area contributed by atoms with Gasteiger partial charge in [-0.1, -0.05) is 6.92 Å². The van der Waals surface area contributed by atoms with Gasteiger partial charge >= 0.3 is 17.9 Å². The summed E-state index contributed by atoms with van der Waals surface area (Å²) in [7, 11) is 0. The summed E-state index contributed by atoms with van der Waals surface area (Å²) in [6, 6.07) is -0.920. The normalized spacial score (nSPS) is 27.4. The Labute approximate surface area is 157 Å². The third kappa shape index (κ3) is 7.51. The molecule has 0 spiro atoms. The van der Waals surface area contributed by atoms with Crippen LogP contribution in [0.2, 0.25) is 0 Å². The van der Waals surface area contributed by atoms with Gasteiger partial charge in [0.05, 0.1) is 0 Å². The highest BCUT2D eigenvalue weighted by atomic mass is 16.7. The van der Waals surface area contributed by atoms with Crippen LogP contribution >= 0.6 is 0 Å². The summed E-state index contributed by atoms with van der Waals surface area (Å²) in [5.74, 6) is -2.26. The number of amides is 1. The molecular weight excluding hydrogens is 362 g/mol. The fourth-order valence-corrected chi connectivity index (χ4v) is 2.67. The molecule has 1 rings (SSSR count). The van der Waals surface area contributed by atoms with Crippen LogP contribution in [0.15, 0.2) is 0 Å². The predicted octanol–water partition coefficient (Wildman–Crippen LogP) is 0.0691. The number of nitrogens with one attached hydrogen (secondary N) is 1. The Morgan fingerprint density at radius 2 is 1.52 bits per heavy atom. The van der Waals surface area contributed by atoms with Gasteiger partial charge in [-0.25, -0.2) is 0 Å². The Balaban J connectivity index is 3.22. The minimum absolute atomic E-state index is 0.246. The molecule has 0 aliphatic carbocycles. The minimum atomic E-state index is -1.11. The maximum absolute atomic E-state index is 11.6. The average Bonchev–Trinajstić information content (AvgIpc) is 2.54. The van der Waals surface area contributed by atoms with Crippen LogP contribution < -0.4 is 5.32 Å². The van der Waals surface area contributed by atoms with Crippen LogP contribution in [0.25, 0.3) is 0 Å². The van der Waals surface area contributed by atoms with Crippen LogP contribution in [0.3, 0.4) is 0 Å². The van der Waals surface area contributed by atoms with Crippen LogP contribution in [-0.4, -0.2) is 67.7 Å². The van der Waals surface area contributed by atoms with Crippen molar-refractivity contribution in [2.75, 3.05) is 13.2 Å². The van der Waals surface area contributed by atoms with Crippen LogP contribution in [0, 0.1) is 0 Å². The number of esters is 3. The number of hydrogen-bond acceptors (Lipinski definition) is 9. The summed E-state index contributed by atoms with van der Waals surface area (Å²) in [5, 5.41) is 2.62. The van der Waals surface area contributed by atoms with Crippen LogP contribution in [0.4, 0.5) is 0 Å². The van der Waals surface area contributed by atoms with Gasteiger partial charge in [0.15, 0.2) is 18.5 Å². The first kappa shape index (κ1) is 22.8. The highest BCUT2D eigenvalue weighted by molar-refractivity contribution is 5.73. The zero-order valence-electron chi connectivity index (χ0n) is 16.2. The lowest BCUT2D eigenvalue weighted by Crippen LogP contribution is -2.66. The van der Waals surface area contributed by atoms with E-state index in [1.54, 1.807) is 0 Å². The maximum atomic E-state index is 11.6. The smallest absolute Gasteiger partial charge is 0.303 e.